The van der Waals surface area contributed by atoms with E-state index in [1.54, 1.807) is 0 Å². The minimum Gasteiger partial charge on any atom is -0.496 e. The maximum Gasteiger partial charge on any atom is 0.127 e. The van der Waals surface area contributed by atoms with Gasteiger partial charge in [-0.05, 0) is 54.9 Å². The Labute approximate surface area is 523 Å². The van der Waals surface area contributed by atoms with Crippen LogP contribution in [0.4, 0.5) is 0 Å². The van der Waals surface area contributed by atoms with E-state index in [0.29, 0.717) is 0 Å². The number of rotatable bonds is 5. The standard InChI is InChI=1S/C65H90O5S10/c1-61(2,3)51-21-41-31-71-73-33-43-23-52(62(4,5)6)25-45(57(43)67-17)35-75-77-37-47-27-54(64(10,11)12)29-49(59(47)69-19)39-79-80-40-50-30-55(65(13,14)15)28-48(60(50)70-20)38-78-76-36-46-26-53(63(7,8)9)24-44(58(46)68-18)34-74-72-32-42(22-51)56(41)66-16/h21-30H,31-40H2,1-20H3. The van der Waals surface area contributed by atoms with Crippen LogP contribution in [-0.4, -0.2) is 35.5 Å². The maximum absolute atomic E-state index is 6.32. The van der Waals surface area contributed by atoms with Gasteiger partial charge in [-0.1, -0.05) is 272 Å². The van der Waals surface area contributed by atoms with E-state index in [1.807, 2.05) is 143 Å². The highest BCUT2D eigenvalue weighted by molar-refractivity contribution is 8.77. The predicted molar refractivity (Wildman–Crippen MR) is 371 cm³/mol. The summed E-state index contributed by atoms with van der Waals surface area (Å²) in [6.07, 6.45) is 0. The highest BCUT2D eigenvalue weighted by atomic mass is 33.1. The summed E-state index contributed by atoms with van der Waals surface area (Å²) < 4.78 is 31.6. The maximum atomic E-state index is 6.32. The second kappa shape index (κ2) is 29.8. The minimum atomic E-state index is -0.0187. The van der Waals surface area contributed by atoms with Crippen LogP contribution in [0.1, 0.15) is 187 Å². The molecule has 0 aliphatic carbocycles. The summed E-state index contributed by atoms with van der Waals surface area (Å²) in [4.78, 5) is 0. The first-order chi connectivity index (χ1) is 37.6. The molecule has 10 bridgehead atoms. The van der Waals surface area contributed by atoms with E-state index in [4.69, 9.17) is 23.7 Å². The SMILES string of the molecule is COc1c2cc(C(C)(C)C)cc1CSSCc1cc(C(C)(C)C)cc(c1OC)CSSCc1cc(C(C)(C)C)cc(c1OC)CSSCc1cc(C(C)(C)C)cc(c1OC)CSSCc1cc(C(C)(C)C)cc(c1OC)CSSC2. The van der Waals surface area contributed by atoms with Crippen molar-refractivity contribution in [2.75, 3.05) is 35.5 Å². The molecular formula is C65H90O5S10. The van der Waals surface area contributed by atoms with Crippen molar-refractivity contribution in [2.45, 2.75) is 188 Å². The van der Waals surface area contributed by atoms with Crippen molar-refractivity contribution in [1.82, 2.24) is 0 Å². The van der Waals surface area contributed by atoms with E-state index < -0.39 is 0 Å². The summed E-state index contributed by atoms with van der Waals surface area (Å²) in [6, 6.07) is 23.8. The third-order valence-electron chi connectivity index (χ3n) is 14.1. The fourth-order valence-electron chi connectivity index (χ4n) is 9.37. The lowest BCUT2D eigenvalue weighted by Gasteiger charge is -2.24. The number of hydrogen-bond donors (Lipinski definition) is 0. The zero-order valence-corrected chi connectivity index (χ0v) is 59.6. The smallest absolute Gasteiger partial charge is 0.127 e. The van der Waals surface area contributed by atoms with E-state index in [1.165, 1.54) is 83.5 Å². The number of benzene rings is 5. The molecule has 0 aromatic heterocycles. The van der Waals surface area contributed by atoms with E-state index >= 15 is 0 Å². The lowest BCUT2D eigenvalue weighted by molar-refractivity contribution is 0.407. The van der Waals surface area contributed by atoms with Crippen molar-refractivity contribution in [3.05, 3.63) is 144 Å². The summed E-state index contributed by atoms with van der Waals surface area (Å²) in [6.45, 7) is 34.7. The number of ether oxygens (including phenoxy) is 5. The monoisotopic (exact) mass is 1270 g/mol. The van der Waals surface area contributed by atoms with Crippen LogP contribution in [0.3, 0.4) is 0 Å². The molecule has 0 fully saturated rings. The molecule has 1 aliphatic heterocycles. The van der Waals surface area contributed by atoms with Crippen LogP contribution < -0.4 is 23.7 Å². The van der Waals surface area contributed by atoms with Gasteiger partial charge < -0.3 is 23.7 Å². The number of hydrogen-bond acceptors (Lipinski definition) is 15. The highest BCUT2D eigenvalue weighted by Gasteiger charge is 2.26. The molecule has 0 unspecified atom stereocenters. The first-order valence-electron chi connectivity index (χ1n) is 27.3. The van der Waals surface area contributed by atoms with Gasteiger partial charge in [-0.3, -0.25) is 0 Å². The lowest BCUT2D eigenvalue weighted by Crippen LogP contribution is -2.13. The molecule has 0 saturated carbocycles. The molecule has 0 radical (unpaired) electrons. The Morgan fingerprint density at radius 1 is 0.212 bits per heavy atom. The Bertz CT molecular complexity index is 2280. The number of fused-ring (bicyclic) bond motifs is 10. The predicted octanol–water partition coefficient (Wildman–Crippen LogP) is 21.9. The first-order valence-corrected chi connectivity index (χ1v) is 39.8. The Kier molecular flexibility index (Phi) is 25.2. The van der Waals surface area contributed by atoms with Gasteiger partial charge in [0.05, 0.1) is 35.5 Å². The number of methoxy groups -OCH3 is 5. The second-order valence-corrected chi connectivity index (χ2v) is 37.8. The summed E-state index contributed by atoms with van der Waals surface area (Å²) in [5, 5.41) is 0. The molecule has 80 heavy (non-hydrogen) atoms. The normalized spacial score (nSPS) is 15.8. The Balaban J connectivity index is 1.38. The molecule has 0 atom stereocenters. The molecule has 1 aliphatic rings. The topological polar surface area (TPSA) is 46.2 Å². The van der Waals surface area contributed by atoms with Gasteiger partial charge in [-0.15, -0.1) is 0 Å². The molecule has 1 heterocycles. The second-order valence-electron chi connectivity index (χ2n) is 25.5. The summed E-state index contributed by atoms with van der Waals surface area (Å²) in [5.74, 6) is 13.3. The Morgan fingerprint density at radius 3 is 0.388 bits per heavy atom. The molecule has 15 heteroatoms. The van der Waals surface area contributed by atoms with Crippen molar-refractivity contribution < 1.29 is 23.7 Å². The largest absolute Gasteiger partial charge is 0.496 e. The fourth-order valence-corrected chi connectivity index (χ4v) is 19.9. The van der Waals surface area contributed by atoms with Crippen LogP contribution in [0.5, 0.6) is 28.7 Å². The highest BCUT2D eigenvalue weighted by Crippen LogP contribution is 2.48. The molecule has 5 aromatic rings. The third-order valence-corrected chi connectivity index (χ3v) is 25.3. The molecule has 0 amide bonds. The average Bonchev–Trinajstić information content (AvgIpc) is 3.39. The molecule has 6 rings (SSSR count). The molecule has 5 aromatic carbocycles. The third kappa shape index (κ3) is 18.6. The Morgan fingerprint density at radius 2 is 0.312 bits per heavy atom. The van der Waals surface area contributed by atoms with Gasteiger partial charge in [-0.2, -0.15) is 0 Å². The van der Waals surface area contributed by atoms with E-state index in [2.05, 4.69) is 165 Å². The van der Waals surface area contributed by atoms with Crippen LogP contribution in [-0.2, 0) is 84.6 Å². The van der Waals surface area contributed by atoms with E-state index in [0.717, 1.165) is 86.3 Å². The van der Waals surface area contributed by atoms with Crippen molar-refractivity contribution in [3.63, 3.8) is 0 Å². The van der Waals surface area contributed by atoms with E-state index in [-0.39, 0.29) is 27.1 Å². The van der Waals surface area contributed by atoms with E-state index in [9.17, 15) is 0 Å². The van der Waals surface area contributed by atoms with Gasteiger partial charge in [0, 0.05) is 113 Å². The van der Waals surface area contributed by atoms with Crippen LogP contribution in [0.15, 0.2) is 60.7 Å². The van der Waals surface area contributed by atoms with Crippen LogP contribution in [0.25, 0.3) is 0 Å². The van der Waals surface area contributed by atoms with Gasteiger partial charge >= 0.3 is 0 Å². The summed E-state index contributed by atoms with van der Waals surface area (Å²) in [7, 11) is 28.1. The summed E-state index contributed by atoms with van der Waals surface area (Å²) >= 11 is 0. The van der Waals surface area contributed by atoms with Crippen LogP contribution in [0, 0.1) is 0 Å². The van der Waals surface area contributed by atoms with Crippen LogP contribution in [0.2, 0.25) is 0 Å². The molecule has 0 N–H and O–H groups in total. The van der Waals surface area contributed by atoms with Crippen molar-refractivity contribution >= 4 is 108 Å². The van der Waals surface area contributed by atoms with Gasteiger partial charge in [0.25, 0.3) is 0 Å². The lowest BCUT2D eigenvalue weighted by atomic mass is 9.85. The molecule has 0 saturated heterocycles. The molecule has 0 spiro atoms. The van der Waals surface area contributed by atoms with Crippen molar-refractivity contribution in [3.8, 4) is 28.7 Å². The average molecular weight is 1270 g/mol. The van der Waals surface area contributed by atoms with Crippen molar-refractivity contribution in [2.24, 2.45) is 0 Å². The van der Waals surface area contributed by atoms with Gasteiger partial charge in [0.2, 0.25) is 0 Å². The van der Waals surface area contributed by atoms with Gasteiger partial charge in [0.1, 0.15) is 28.7 Å². The zero-order valence-electron chi connectivity index (χ0n) is 51.5. The fraction of sp³-hybridized carbons (Fsp3) is 0.538. The summed E-state index contributed by atoms with van der Waals surface area (Å²) in [5.41, 5.74) is 19.0. The molecule has 5 nitrogen and oxygen atoms in total. The van der Waals surface area contributed by atoms with Crippen molar-refractivity contribution in [1.29, 1.82) is 0 Å². The first kappa shape index (κ1) is 67.7. The van der Waals surface area contributed by atoms with Gasteiger partial charge in [0.15, 0.2) is 0 Å². The molecule has 440 valence electrons. The quantitative estimate of drug-likeness (QED) is 0.157. The van der Waals surface area contributed by atoms with Crippen LogP contribution >= 0.6 is 108 Å². The van der Waals surface area contributed by atoms with Gasteiger partial charge in [-0.25, -0.2) is 0 Å². The Hall–Kier alpha value is -1.40. The zero-order chi connectivity index (χ0) is 58.8. The molecular weight excluding hydrogens is 1180 g/mol. The minimum absolute atomic E-state index is 0.0187.